The van der Waals surface area contributed by atoms with E-state index in [1.807, 2.05) is 30.3 Å². The summed E-state index contributed by atoms with van der Waals surface area (Å²) in [6.07, 6.45) is -0.454. The molecular formula is C14H21NO2S. The van der Waals surface area contributed by atoms with Crippen LogP contribution in [0.1, 0.15) is 18.6 Å². The van der Waals surface area contributed by atoms with E-state index in [9.17, 15) is 9.32 Å². The number of hydrogen-bond donors (Lipinski definition) is 1. The molecule has 0 aromatic heterocycles. The number of hydrogen-bond acceptors (Lipinski definition) is 3. The Morgan fingerprint density at radius 3 is 2.89 bits per heavy atom. The van der Waals surface area contributed by atoms with Crippen molar-refractivity contribution in [3.8, 4) is 0 Å². The summed E-state index contributed by atoms with van der Waals surface area (Å²) in [5.41, 5.74) is 0.954. The Morgan fingerprint density at radius 2 is 2.17 bits per heavy atom. The highest BCUT2D eigenvalue weighted by Crippen LogP contribution is 2.16. The van der Waals surface area contributed by atoms with Gasteiger partial charge in [0.05, 0.1) is 6.10 Å². The van der Waals surface area contributed by atoms with Crippen molar-refractivity contribution in [3.63, 3.8) is 0 Å². The van der Waals surface area contributed by atoms with Gasteiger partial charge in [-0.05, 0) is 11.5 Å². The topological polar surface area (TPSA) is 40.5 Å². The Hall–Kier alpha value is -0.710. The van der Waals surface area contributed by atoms with Gasteiger partial charge in [-0.2, -0.15) is 0 Å². The van der Waals surface area contributed by atoms with Crippen LogP contribution in [0.2, 0.25) is 0 Å². The maximum absolute atomic E-state index is 11.6. The second-order valence-electron chi connectivity index (χ2n) is 5.10. The molecule has 3 atom stereocenters. The summed E-state index contributed by atoms with van der Waals surface area (Å²) in [5, 5.41) is 10.2. The van der Waals surface area contributed by atoms with Gasteiger partial charge < -0.3 is 5.11 Å². The van der Waals surface area contributed by atoms with Crippen LogP contribution in [0.5, 0.6) is 0 Å². The predicted molar refractivity (Wildman–Crippen MR) is 74.9 cm³/mol. The van der Waals surface area contributed by atoms with Crippen molar-refractivity contribution < 1.29 is 9.32 Å². The third-order valence-corrected chi connectivity index (χ3v) is 4.87. The smallest absolute Gasteiger partial charge is 0.0916 e. The van der Waals surface area contributed by atoms with Crippen molar-refractivity contribution in [3.05, 3.63) is 35.9 Å². The summed E-state index contributed by atoms with van der Waals surface area (Å²) in [5.74, 6) is 1.96. The SMILES string of the molecule is C[C@@H]1CN(C[C@@H](O)c2ccccc2)CC[S@@](=O)C1. The highest BCUT2D eigenvalue weighted by molar-refractivity contribution is 7.85. The molecule has 1 heterocycles. The quantitative estimate of drug-likeness (QED) is 0.900. The van der Waals surface area contributed by atoms with Crippen molar-refractivity contribution in [2.75, 3.05) is 31.1 Å². The van der Waals surface area contributed by atoms with E-state index in [2.05, 4.69) is 11.8 Å². The number of rotatable bonds is 3. The average Bonchev–Trinajstić information content (AvgIpc) is 2.51. The van der Waals surface area contributed by atoms with Gasteiger partial charge in [0.2, 0.25) is 0 Å². The van der Waals surface area contributed by atoms with Crippen LogP contribution in [0.3, 0.4) is 0 Å². The predicted octanol–water partition coefficient (Wildman–Crippen LogP) is 1.42. The van der Waals surface area contributed by atoms with Crippen molar-refractivity contribution >= 4 is 10.8 Å². The third kappa shape index (κ3) is 3.90. The van der Waals surface area contributed by atoms with Crippen LogP contribution in [-0.2, 0) is 10.8 Å². The maximum atomic E-state index is 11.6. The molecule has 0 bridgehead atoms. The summed E-state index contributed by atoms with van der Waals surface area (Å²) in [7, 11) is -0.691. The fourth-order valence-corrected chi connectivity index (χ4v) is 3.78. The maximum Gasteiger partial charge on any atom is 0.0916 e. The van der Waals surface area contributed by atoms with Gasteiger partial charge in [0.15, 0.2) is 0 Å². The van der Waals surface area contributed by atoms with Crippen molar-refractivity contribution in [1.29, 1.82) is 0 Å². The molecule has 4 heteroatoms. The van der Waals surface area contributed by atoms with Gasteiger partial charge in [0.1, 0.15) is 0 Å². The minimum Gasteiger partial charge on any atom is -0.387 e. The van der Waals surface area contributed by atoms with E-state index in [0.717, 1.165) is 30.2 Å². The molecule has 0 aliphatic carbocycles. The Bertz CT molecular complexity index is 396. The van der Waals surface area contributed by atoms with Crippen LogP contribution < -0.4 is 0 Å². The highest BCUT2D eigenvalue weighted by atomic mass is 32.2. The van der Waals surface area contributed by atoms with Crippen LogP contribution in [0.15, 0.2) is 30.3 Å². The van der Waals surface area contributed by atoms with Crippen molar-refractivity contribution in [2.24, 2.45) is 5.92 Å². The highest BCUT2D eigenvalue weighted by Gasteiger charge is 2.21. The van der Waals surface area contributed by atoms with E-state index in [0.29, 0.717) is 12.5 Å². The van der Waals surface area contributed by atoms with Gasteiger partial charge in [-0.15, -0.1) is 0 Å². The monoisotopic (exact) mass is 267 g/mol. The number of nitrogens with zero attached hydrogens (tertiary/aromatic N) is 1. The lowest BCUT2D eigenvalue weighted by atomic mass is 10.1. The van der Waals surface area contributed by atoms with Crippen molar-refractivity contribution in [1.82, 2.24) is 4.90 Å². The van der Waals surface area contributed by atoms with E-state index >= 15 is 0 Å². The molecule has 1 saturated heterocycles. The first-order chi connectivity index (χ1) is 8.65. The van der Waals surface area contributed by atoms with E-state index in [1.54, 1.807) is 0 Å². The summed E-state index contributed by atoms with van der Waals surface area (Å²) in [4.78, 5) is 2.23. The van der Waals surface area contributed by atoms with Gasteiger partial charge in [-0.1, -0.05) is 37.3 Å². The lowest BCUT2D eigenvalue weighted by Gasteiger charge is -2.24. The van der Waals surface area contributed by atoms with Crippen LogP contribution >= 0.6 is 0 Å². The van der Waals surface area contributed by atoms with E-state index in [-0.39, 0.29) is 0 Å². The molecular weight excluding hydrogens is 246 g/mol. The van der Waals surface area contributed by atoms with E-state index < -0.39 is 16.9 Å². The largest absolute Gasteiger partial charge is 0.387 e. The Balaban J connectivity index is 1.94. The van der Waals surface area contributed by atoms with Gasteiger partial charge in [-0.25, -0.2) is 0 Å². The third-order valence-electron chi connectivity index (χ3n) is 3.29. The molecule has 0 amide bonds. The minimum absolute atomic E-state index is 0.441. The number of benzene rings is 1. The molecule has 1 aliphatic heterocycles. The second-order valence-corrected chi connectivity index (χ2v) is 6.72. The zero-order chi connectivity index (χ0) is 13.0. The van der Waals surface area contributed by atoms with Gasteiger partial charge in [0, 0.05) is 41.9 Å². The first kappa shape index (κ1) is 13.7. The van der Waals surface area contributed by atoms with Gasteiger partial charge in [-0.3, -0.25) is 9.11 Å². The average molecular weight is 267 g/mol. The molecule has 2 rings (SSSR count). The second kappa shape index (κ2) is 6.45. The zero-order valence-corrected chi connectivity index (χ0v) is 11.6. The molecule has 3 nitrogen and oxygen atoms in total. The Labute approximate surface area is 111 Å². The Kier molecular flexibility index (Phi) is 4.92. The van der Waals surface area contributed by atoms with Crippen LogP contribution in [0.25, 0.3) is 0 Å². The van der Waals surface area contributed by atoms with Crippen LogP contribution in [-0.4, -0.2) is 45.4 Å². The zero-order valence-electron chi connectivity index (χ0n) is 10.8. The fourth-order valence-electron chi connectivity index (χ4n) is 2.41. The molecule has 0 saturated carbocycles. The number of β-amino-alcohol motifs (C(OH)–C–C–N with tert-alkyl or cyclic N) is 1. The molecule has 0 radical (unpaired) electrons. The number of aliphatic hydroxyl groups is 1. The summed E-state index contributed by atoms with van der Waals surface area (Å²) in [6.45, 7) is 4.51. The first-order valence-corrected chi connectivity index (χ1v) is 7.94. The molecule has 0 unspecified atom stereocenters. The summed E-state index contributed by atoms with van der Waals surface area (Å²) >= 11 is 0. The number of aliphatic hydroxyl groups excluding tert-OH is 1. The van der Waals surface area contributed by atoms with E-state index in [1.165, 1.54) is 0 Å². The molecule has 18 heavy (non-hydrogen) atoms. The van der Waals surface area contributed by atoms with Crippen molar-refractivity contribution in [2.45, 2.75) is 13.0 Å². The molecule has 100 valence electrons. The summed E-state index contributed by atoms with van der Waals surface area (Å²) in [6, 6.07) is 9.73. The molecule has 0 spiro atoms. The lowest BCUT2D eigenvalue weighted by Crippen LogP contribution is -2.33. The van der Waals surface area contributed by atoms with E-state index in [4.69, 9.17) is 0 Å². The van der Waals surface area contributed by atoms with Crippen LogP contribution in [0, 0.1) is 5.92 Å². The normalized spacial score (nSPS) is 27.7. The van der Waals surface area contributed by atoms with Gasteiger partial charge >= 0.3 is 0 Å². The standard InChI is InChI=1S/C14H21NO2S/c1-12-9-15(7-8-18(17)11-12)10-14(16)13-5-3-2-4-6-13/h2-6,12,14,16H,7-11H2,1H3/t12-,14-,18-/m1/s1. The van der Waals surface area contributed by atoms with Crippen LogP contribution in [0.4, 0.5) is 0 Å². The first-order valence-electron chi connectivity index (χ1n) is 6.45. The minimum atomic E-state index is -0.691. The Morgan fingerprint density at radius 1 is 1.44 bits per heavy atom. The molecule has 1 N–H and O–H groups in total. The molecule has 1 aliphatic rings. The molecule has 1 aromatic rings. The fraction of sp³-hybridized carbons (Fsp3) is 0.571. The molecule has 1 fully saturated rings. The summed E-state index contributed by atoms with van der Waals surface area (Å²) < 4.78 is 11.6. The lowest BCUT2D eigenvalue weighted by molar-refractivity contribution is 0.111. The molecule has 1 aromatic carbocycles. The van der Waals surface area contributed by atoms with Gasteiger partial charge in [0.25, 0.3) is 0 Å².